The Bertz CT molecular complexity index is 1160. The number of fused-ring (bicyclic) bond motifs is 3. The van der Waals surface area contributed by atoms with Gasteiger partial charge in [0.15, 0.2) is 5.65 Å². The Labute approximate surface area is 173 Å². The lowest BCUT2D eigenvalue weighted by Gasteiger charge is -2.18. The Morgan fingerprint density at radius 2 is 1.83 bits per heavy atom. The summed E-state index contributed by atoms with van der Waals surface area (Å²) in [4.78, 5) is 17.5. The fraction of sp³-hybridized carbons (Fsp3) is 0.273. The van der Waals surface area contributed by atoms with Crippen molar-refractivity contribution in [3.8, 4) is 0 Å². The molecule has 0 bridgehead atoms. The van der Waals surface area contributed by atoms with Gasteiger partial charge < -0.3 is 9.88 Å². The molecule has 29 heavy (non-hydrogen) atoms. The molecule has 0 spiro atoms. The number of carbonyl (C=O) groups is 1. The van der Waals surface area contributed by atoms with Crippen molar-refractivity contribution in [2.45, 2.75) is 36.7 Å². The molecule has 7 heteroatoms. The van der Waals surface area contributed by atoms with E-state index in [2.05, 4.69) is 15.5 Å². The van der Waals surface area contributed by atoms with Crippen LogP contribution in [0.25, 0.3) is 22.1 Å². The fourth-order valence-corrected chi connectivity index (χ4v) is 4.25. The minimum atomic E-state index is -0.282. The molecular weight excluding hydrogens is 382 g/mol. The van der Waals surface area contributed by atoms with Gasteiger partial charge in [-0.15, -0.1) is 10.2 Å². The molecule has 2 aromatic heterocycles. The van der Waals surface area contributed by atoms with Gasteiger partial charge in [-0.25, -0.2) is 4.98 Å². The minimum absolute atomic E-state index is 0.0189. The third-order valence-corrected chi connectivity index (χ3v) is 6.27. The van der Waals surface area contributed by atoms with Crippen LogP contribution < -0.4 is 5.32 Å². The smallest absolute Gasteiger partial charge is 0.234 e. The zero-order valence-electron chi connectivity index (χ0n) is 16.7. The first kappa shape index (κ1) is 19.4. The number of nitrogens with zero attached hydrogens (tertiary/aromatic N) is 4. The van der Waals surface area contributed by atoms with Crippen molar-refractivity contribution >= 4 is 39.7 Å². The summed E-state index contributed by atoms with van der Waals surface area (Å²) in [6.07, 6.45) is 0.675. The summed E-state index contributed by atoms with van der Waals surface area (Å²) in [5.74, 6) is -0.0189. The van der Waals surface area contributed by atoms with Gasteiger partial charge in [-0.1, -0.05) is 67.2 Å². The maximum absolute atomic E-state index is 12.8. The third-order valence-electron chi connectivity index (χ3n) is 5.06. The number of benzene rings is 2. The quantitative estimate of drug-likeness (QED) is 0.485. The van der Waals surface area contributed by atoms with Crippen LogP contribution in [0.2, 0.25) is 0 Å². The second kappa shape index (κ2) is 8.21. The van der Waals surface area contributed by atoms with Crippen LogP contribution in [-0.4, -0.2) is 30.9 Å². The molecule has 0 radical (unpaired) electrons. The molecule has 6 nitrogen and oxygen atoms in total. The zero-order chi connectivity index (χ0) is 20.4. The van der Waals surface area contributed by atoms with Crippen molar-refractivity contribution in [3.63, 3.8) is 0 Å². The SMILES string of the molecule is CC[C@H](Sc1nnc2c3ccccc3n(C)c2n1)C(=O)N[C@@H](C)c1ccccc1. The van der Waals surface area contributed by atoms with Crippen molar-refractivity contribution in [1.82, 2.24) is 25.1 Å². The predicted octanol–water partition coefficient (Wildman–Crippen LogP) is 4.26. The first-order valence-corrected chi connectivity index (χ1v) is 10.6. The summed E-state index contributed by atoms with van der Waals surface area (Å²) in [5.41, 5.74) is 3.70. The second-order valence-electron chi connectivity index (χ2n) is 7.00. The second-order valence-corrected chi connectivity index (χ2v) is 8.17. The Hall–Kier alpha value is -2.93. The number of aromatic nitrogens is 4. The maximum Gasteiger partial charge on any atom is 0.234 e. The molecule has 0 aliphatic rings. The van der Waals surface area contributed by atoms with Gasteiger partial charge in [0, 0.05) is 12.4 Å². The van der Waals surface area contributed by atoms with E-state index in [-0.39, 0.29) is 17.2 Å². The van der Waals surface area contributed by atoms with Crippen LogP contribution in [0.3, 0.4) is 0 Å². The summed E-state index contributed by atoms with van der Waals surface area (Å²) in [5, 5.41) is 13.0. The van der Waals surface area contributed by atoms with Gasteiger partial charge in [0.1, 0.15) is 5.52 Å². The molecule has 0 saturated carbocycles. The molecule has 0 aliphatic carbocycles. The zero-order valence-corrected chi connectivity index (χ0v) is 17.5. The number of thioether (sulfide) groups is 1. The highest BCUT2D eigenvalue weighted by atomic mass is 32.2. The molecule has 2 aromatic carbocycles. The Balaban J connectivity index is 1.55. The summed E-state index contributed by atoms with van der Waals surface area (Å²) >= 11 is 1.36. The number of amides is 1. The van der Waals surface area contributed by atoms with Crippen LogP contribution in [0.5, 0.6) is 0 Å². The van der Waals surface area contributed by atoms with E-state index in [1.54, 1.807) is 0 Å². The standard InChI is InChI=1S/C22H23N5OS/c1-4-18(21(28)23-14(2)15-10-6-5-7-11-15)29-22-24-20-19(25-26-22)16-12-8-9-13-17(16)27(20)3/h5-14,18H,4H2,1-3H3,(H,23,28)/t14-,18-/m0/s1. The molecule has 0 unspecified atom stereocenters. The lowest BCUT2D eigenvalue weighted by atomic mass is 10.1. The molecular formula is C22H23N5OS. The van der Waals surface area contributed by atoms with Crippen LogP contribution in [0.15, 0.2) is 59.8 Å². The number of aryl methyl sites for hydroxylation is 1. The molecule has 0 fully saturated rings. The van der Waals surface area contributed by atoms with Gasteiger partial charge in [-0.3, -0.25) is 4.79 Å². The van der Waals surface area contributed by atoms with Crippen LogP contribution >= 0.6 is 11.8 Å². The van der Waals surface area contributed by atoms with E-state index in [1.807, 2.05) is 80.1 Å². The van der Waals surface area contributed by atoms with E-state index in [4.69, 9.17) is 4.98 Å². The maximum atomic E-state index is 12.8. The van der Waals surface area contributed by atoms with E-state index in [0.717, 1.165) is 27.6 Å². The first-order chi connectivity index (χ1) is 14.1. The molecule has 0 saturated heterocycles. The third kappa shape index (κ3) is 3.82. The average molecular weight is 406 g/mol. The van der Waals surface area contributed by atoms with Gasteiger partial charge in [-0.05, 0) is 25.0 Å². The lowest BCUT2D eigenvalue weighted by Crippen LogP contribution is -2.34. The van der Waals surface area contributed by atoms with Crippen molar-refractivity contribution in [2.75, 3.05) is 0 Å². The highest BCUT2D eigenvalue weighted by molar-refractivity contribution is 8.00. The van der Waals surface area contributed by atoms with Crippen molar-refractivity contribution in [1.29, 1.82) is 0 Å². The normalized spacial score (nSPS) is 13.5. The van der Waals surface area contributed by atoms with Gasteiger partial charge in [-0.2, -0.15) is 0 Å². The van der Waals surface area contributed by atoms with Crippen molar-refractivity contribution < 1.29 is 4.79 Å². The van der Waals surface area contributed by atoms with Crippen LogP contribution in [0, 0.1) is 0 Å². The van der Waals surface area contributed by atoms with Crippen LogP contribution in [0.1, 0.15) is 31.9 Å². The first-order valence-electron chi connectivity index (χ1n) is 9.68. The minimum Gasteiger partial charge on any atom is -0.349 e. The van der Waals surface area contributed by atoms with Gasteiger partial charge in [0.2, 0.25) is 11.1 Å². The van der Waals surface area contributed by atoms with Crippen LogP contribution in [0.4, 0.5) is 0 Å². The summed E-state index contributed by atoms with van der Waals surface area (Å²) in [7, 11) is 1.97. The number of para-hydroxylation sites is 1. The van der Waals surface area contributed by atoms with E-state index in [9.17, 15) is 4.79 Å². The highest BCUT2D eigenvalue weighted by Crippen LogP contribution is 2.28. The largest absolute Gasteiger partial charge is 0.349 e. The van der Waals surface area contributed by atoms with E-state index >= 15 is 0 Å². The summed E-state index contributed by atoms with van der Waals surface area (Å²) in [6.45, 7) is 3.98. The Kier molecular flexibility index (Phi) is 5.49. The molecule has 4 rings (SSSR count). The molecule has 1 amide bonds. The highest BCUT2D eigenvalue weighted by Gasteiger charge is 2.22. The molecule has 148 valence electrons. The van der Waals surface area contributed by atoms with Gasteiger partial charge >= 0.3 is 0 Å². The molecule has 1 N–H and O–H groups in total. The molecule has 2 heterocycles. The average Bonchev–Trinajstić information content (AvgIpc) is 3.04. The fourth-order valence-electron chi connectivity index (χ4n) is 3.42. The molecule has 0 aliphatic heterocycles. The molecule has 2 atom stereocenters. The van der Waals surface area contributed by atoms with E-state index in [1.165, 1.54) is 11.8 Å². The predicted molar refractivity (Wildman–Crippen MR) is 117 cm³/mol. The summed E-state index contributed by atoms with van der Waals surface area (Å²) in [6, 6.07) is 17.9. The number of hydrogen-bond acceptors (Lipinski definition) is 5. The Morgan fingerprint density at radius 3 is 2.59 bits per heavy atom. The monoisotopic (exact) mass is 405 g/mol. The van der Waals surface area contributed by atoms with E-state index < -0.39 is 0 Å². The Morgan fingerprint density at radius 1 is 1.10 bits per heavy atom. The topological polar surface area (TPSA) is 72.7 Å². The van der Waals surface area contributed by atoms with Crippen molar-refractivity contribution in [3.05, 3.63) is 60.2 Å². The molecule has 4 aromatic rings. The van der Waals surface area contributed by atoms with Crippen molar-refractivity contribution in [2.24, 2.45) is 7.05 Å². The number of nitrogens with one attached hydrogen (secondary N) is 1. The number of rotatable bonds is 6. The van der Waals surface area contributed by atoms with Gasteiger partial charge in [0.05, 0.1) is 16.8 Å². The number of carbonyl (C=O) groups excluding carboxylic acids is 1. The van der Waals surface area contributed by atoms with Gasteiger partial charge in [0.25, 0.3) is 0 Å². The summed E-state index contributed by atoms with van der Waals surface area (Å²) < 4.78 is 2.02. The van der Waals surface area contributed by atoms with Crippen LogP contribution in [-0.2, 0) is 11.8 Å². The lowest BCUT2D eigenvalue weighted by molar-refractivity contribution is -0.121. The van der Waals surface area contributed by atoms with E-state index in [0.29, 0.717) is 11.6 Å². The number of hydrogen-bond donors (Lipinski definition) is 1.